The SMILES string of the molecule is CC/C=C/C=C/C=C/C=C/C=C/C=C/CCCCCC(=O)OCC(COCCC(C(=O)[O-])[N+](C)(C)C)OC(=O)CCCCCCCCCCCCC. The maximum absolute atomic E-state index is 12.6. The summed E-state index contributed by atoms with van der Waals surface area (Å²) in [6.07, 6.45) is 42.1. The molecule has 52 heavy (non-hydrogen) atoms. The molecule has 0 spiro atoms. The van der Waals surface area contributed by atoms with Gasteiger partial charge in [0.2, 0.25) is 0 Å². The molecule has 0 fully saturated rings. The number of hydrogen-bond acceptors (Lipinski definition) is 7. The Bertz CT molecular complexity index is 1080. The number of carbonyl (C=O) groups is 3. The molecule has 8 nitrogen and oxygen atoms in total. The van der Waals surface area contributed by atoms with E-state index in [1.165, 1.54) is 51.4 Å². The minimum Gasteiger partial charge on any atom is -0.544 e. The second-order valence-corrected chi connectivity index (χ2v) is 14.3. The number of aliphatic carboxylic acids is 1. The van der Waals surface area contributed by atoms with E-state index >= 15 is 0 Å². The predicted octanol–water partition coefficient (Wildman–Crippen LogP) is 9.07. The van der Waals surface area contributed by atoms with Gasteiger partial charge in [-0.1, -0.05) is 157 Å². The van der Waals surface area contributed by atoms with Gasteiger partial charge in [0, 0.05) is 19.3 Å². The zero-order valence-electron chi connectivity index (χ0n) is 33.4. The molecule has 0 saturated heterocycles. The Morgan fingerprint density at radius 3 is 1.60 bits per heavy atom. The van der Waals surface area contributed by atoms with Crippen LogP contribution in [0.25, 0.3) is 0 Å². The summed E-state index contributed by atoms with van der Waals surface area (Å²) in [7, 11) is 5.38. The molecule has 2 atom stereocenters. The Labute approximate surface area is 317 Å². The maximum atomic E-state index is 12.6. The fourth-order valence-electron chi connectivity index (χ4n) is 5.39. The van der Waals surface area contributed by atoms with Gasteiger partial charge in [-0.25, -0.2) is 0 Å². The maximum Gasteiger partial charge on any atom is 0.306 e. The lowest BCUT2D eigenvalue weighted by atomic mass is 10.1. The van der Waals surface area contributed by atoms with E-state index in [-0.39, 0.29) is 42.7 Å². The average Bonchev–Trinajstić information content (AvgIpc) is 3.09. The number of carbonyl (C=O) groups excluding carboxylic acids is 3. The zero-order valence-corrected chi connectivity index (χ0v) is 33.4. The summed E-state index contributed by atoms with van der Waals surface area (Å²) >= 11 is 0. The molecule has 0 aliphatic heterocycles. The molecule has 0 rings (SSSR count). The summed E-state index contributed by atoms with van der Waals surface area (Å²) in [5, 5.41) is 11.6. The van der Waals surface area contributed by atoms with Crippen LogP contribution >= 0.6 is 0 Å². The number of nitrogens with zero attached hydrogens (tertiary/aromatic N) is 1. The molecule has 0 saturated carbocycles. The Morgan fingerprint density at radius 1 is 0.596 bits per heavy atom. The van der Waals surface area contributed by atoms with Gasteiger partial charge in [0.1, 0.15) is 12.6 Å². The first-order chi connectivity index (χ1) is 25.1. The summed E-state index contributed by atoms with van der Waals surface area (Å²) < 4.78 is 17.1. The van der Waals surface area contributed by atoms with Crippen molar-refractivity contribution in [1.29, 1.82) is 0 Å². The normalized spacial score (nSPS) is 13.8. The Balaban J connectivity index is 4.50. The Kier molecular flexibility index (Phi) is 32.7. The second-order valence-electron chi connectivity index (χ2n) is 14.3. The lowest BCUT2D eigenvalue weighted by Crippen LogP contribution is -2.55. The summed E-state index contributed by atoms with van der Waals surface area (Å²) in [6, 6.07) is -0.734. The lowest BCUT2D eigenvalue weighted by molar-refractivity contribution is -0.889. The summed E-state index contributed by atoms with van der Waals surface area (Å²) in [6.45, 7) is 4.44. The van der Waals surface area contributed by atoms with Crippen molar-refractivity contribution in [2.45, 2.75) is 148 Å². The first-order valence-electron chi connectivity index (χ1n) is 20.0. The van der Waals surface area contributed by atoms with Crippen LogP contribution in [0.1, 0.15) is 136 Å². The highest BCUT2D eigenvalue weighted by atomic mass is 16.6. The molecule has 0 radical (unpaired) electrons. The van der Waals surface area contributed by atoms with E-state index in [9.17, 15) is 19.5 Å². The molecule has 0 aliphatic carbocycles. The molecule has 0 aromatic heterocycles. The highest BCUT2D eigenvalue weighted by Gasteiger charge is 2.25. The van der Waals surface area contributed by atoms with Crippen LogP contribution in [0.4, 0.5) is 0 Å². The van der Waals surface area contributed by atoms with E-state index in [4.69, 9.17) is 14.2 Å². The van der Waals surface area contributed by atoms with Gasteiger partial charge in [0.25, 0.3) is 0 Å². The van der Waals surface area contributed by atoms with Gasteiger partial charge in [-0.05, 0) is 32.1 Å². The topological polar surface area (TPSA) is 102 Å². The third-order valence-electron chi connectivity index (χ3n) is 8.52. The summed E-state index contributed by atoms with van der Waals surface area (Å²) in [4.78, 5) is 36.7. The van der Waals surface area contributed by atoms with Crippen LogP contribution in [0, 0.1) is 0 Å². The number of rotatable bonds is 34. The standard InChI is InChI=1S/C44H73NO7/c1-6-8-10-12-14-16-18-19-20-21-22-23-25-26-28-30-32-34-42(46)51-39-40(38-50-37-36-41(44(48)49)45(3,4)5)52-43(47)35-33-31-29-27-24-17-15-13-11-9-7-2/h8,10,12,14,16,18-23,25,40-41H,6-7,9,11,13,15,17,24,26-39H2,1-5H3/b10-8+,14-12+,18-16+,20-19+,22-21+,25-23+. The number of carboxylic acids is 1. The molecule has 0 amide bonds. The highest BCUT2D eigenvalue weighted by Crippen LogP contribution is 2.13. The van der Waals surface area contributed by atoms with E-state index in [2.05, 4.69) is 26.0 Å². The second kappa shape index (κ2) is 34.8. The van der Waals surface area contributed by atoms with Crippen molar-refractivity contribution in [3.8, 4) is 0 Å². The van der Waals surface area contributed by atoms with Crippen molar-refractivity contribution in [2.75, 3.05) is 41.0 Å². The van der Waals surface area contributed by atoms with Crippen molar-refractivity contribution in [3.63, 3.8) is 0 Å². The van der Waals surface area contributed by atoms with E-state index in [1.54, 1.807) is 21.1 Å². The number of ether oxygens (including phenoxy) is 3. The van der Waals surface area contributed by atoms with Crippen LogP contribution in [0.5, 0.6) is 0 Å². The molecule has 0 aromatic rings. The van der Waals surface area contributed by atoms with Crippen LogP contribution < -0.4 is 5.11 Å². The van der Waals surface area contributed by atoms with Gasteiger partial charge in [-0.2, -0.15) is 0 Å². The van der Waals surface area contributed by atoms with Crippen LogP contribution in [0.15, 0.2) is 72.9 Å². The number of hydrogen-bond donors (Lipinski definition) is 0. The van der Waals surface area contributed by atoms with Crippen LogP contribution in [-0.4, -0.2) is 75.5 Å². The molecule has 0 aliphatic rings. The predicted molar refractivity (Wildman–Crippen MR) is 212 cm³/mol. The van der Waals surface area contributed by atoms with Crippen molar-refractivity contribution in [3.05, 3.63) is 72.9 Å². The van der Waals surface area contributed by atoms with E-state index in [0.29, 0.717) is 12.8 Å². The van der Waals surface area contributed by atoms with Crippen LogP contribution in [0.2, 0.25) is 0 Å². The molecule has 296 valence electrons. The number of esters is 2. The Hall–Kier alpha value is -3.23. The minimum absolute atomic E-state index is 0.0236. The fourth-order valence-corrected chi connectivity index (χ4v) is 5.39. The number of carboxylic acid groups (broad SMARTS) is 1. The smallest absolute Gasteiger partial charge is 0.306 e. The van der Waals surface area contributed by atoms with E-state index < -0.39 is 18.1 Å². The van der Waals surface area contributed by atoms with E-state index in [0.717, 1.165) is 51.4 Å². The third-order valence-corrected chi connectivity index (χ3v) is 8.52. The summed E-state index contributed by atoms with van der Waals surface area (Å²) in [5.41, 5.74) is 0. The van der Waals surface area contributed by atoms with Gasteiger partial charge in [0.15, 0.2) is 6.10 Å². The molecule has 0 aromatic carbocycles. The zero-order chi connectivity index (χ0) is 38.5. The van der Waals surface area contributed by atoms with E-state index in [1.807, 2.05) is 60.8 Å². The molecule has 8 heteroatoms. The van der Waals surface area contributed by atoms with Gasteiger partial charge in [-0.15, -0.1) is 0 Å². The molecular weight excluding hydrogens is 654 g/mol. The van der Waals surface area contributed by atoms with Crippen LogP contribution in [0.3, 0.4) is 0 Å². The Morgan fingerprint density at radius 2 is 1.08 bits per heavy atom. The minimum atomic E-state index is -1.14. The largest absolute Gasteiger partial charge is 0.544 e. The van der Waals surface area contributed by atoms with Crippen molar-refractivity contribution < 1.29 is 38.2 Å². The quantitative estimate of drug-likeness (QED) is 0.0282. The average molecular weight is 728 g/mol. The van der Waals surface area contributed by atoms with Crippen molar-refractivity contribution >= 4 is 17.9 Å². The lowest BCUT2D eigenvalue weighted by Gasteiger charge is -2.34. The number of quaternary nitrogens is 1. The third kappa shape index (κ3) is 32.7. The van der Waals surface area contributed by atoms with Gasteiger partial charge < -0.3 is 28.6 Å². The number of allylic oxidation sites excluding steroid dienone is 12. The molecular formula is C44H73NO7. The van der Waals surface area contributed by atoms with Gasteiger partial charge >= 0.3 is 11.9 Å². The molecule has 2 unspecified atom stereocenters. The fraction of sp³-hybridized carbons (Fsp3) is 0.659. The molecule has 0 bridgehead atoms. The number of likely N-dealkylation sites (N-methyl/N-ethyl adjacent to an activating group) is 1. The van der Waals surface area contributed by atoms with Gasteiger partial charge in [-0.3, -0.25) is 9.59 Å². The molecule has 0 heterocycles. The monoisotopic (exact) mass is 728 g/mol. The van der Waals surface area contributed by atoms with Crippen molar-refractivity contribution in [2.24, 2.45) is 0 Å². The first-order valence-corrected chi connectivity index (χ1v) is 20.0. The summed E-state index contributed by atoms with van der Waals surface area (Å²) in [5.74, 6) is -1.80. The van der Waals surface area contributed by atoms with Gasteiger partial charge in [0.05, 0.1) is 40.3 Å². The number of unbranched alkanes of at least 4 members (excludes halogenated alkanes) is 13. The van der Waals surface area contributed by atoms with Crippen molar-refractivity contribution in [1.82, 2.24) is 0 Å². The first kappa shape index (κ1) is 48.8. The molecule has 0 N–H and O–H groups in total. The van der Waals surface area contributed by atoms with Crippen LogP contribution in [-0.2, 0) is 28.6 Å². The highest BCUT2D eigenvalue weighted by molar-refractivity contribution is 5.70.